The minimum absolute atomic E-state index is 0.0641. The van der Waals surface area contributed by atoms with E-state index >= 15 is 0 Å². The first kappa shape index (κ1) is 21.5. The van der Waals surface area contributed by atoms with Crippen molar-refractivity contribution >= 4 is 25.0 Å². The molecule has 1 aliphatic heterocycles. The fourth-order valence-electron chi connectivity index (χ4n) is 3.32. The molecule has 0 amide bonds. The zero-order chi connectivity index (χ0) is 22.3. The number of aliphatic hydroxyl groups is 2. The topological polar surface area (TPSA) is 197 Å². The highest BCUT2D eigenvalue weighted by Crippen LogP contribution is 2.39. The number of hydrogen-bond acceptors (Lipinski definition) is 9. The van der Waals surface area contributed by atoms with E-state index in [1.807, 2.05) is 0 Å². The van der Waals surface area contributed by atoms with Gasteiger partial charge in [0.2, 0.25) is 0 Å². The van der Waals surface area contributed by atoms with Crippen LogP contribution < -0.4 is 0 Å². The van der Waals surface area contributed by atoms with Gasteiger partial charge >= 0.3 is 13.8 Å². The predicted octanol–water partition coefficient (Wildman–Crippen LogP) is -0.0800. The van der Waals surface area contributed by atoms with Gasteiger partial charge in [-0.05, 0) is 12.1 Å². The summed E-state index contributed by atoms with van der Waals surface area (Å²) >= 11 is 0. The van der Waals surface area contributed by atoms with Crippen molar-refractivity contribution in [3.05, 3.63) is 42.5 Å². The Morgan fingerprint density at radius 2 is 1.97 bits per heavy atom. The molecule has 0 bridgehead atoms. The second kappa shape index (κ2) is 8.05. The molecule has 2 aromatic heterocycles. The van der Waals surface area contributed by atoms with Gasteiger partial charge < -0.3 is 29.8 Å². The number of nitrogens with zero attached hydrogens (tertiary/aromatic N) is 4. The summed E-state index contributed by atoms with van der Waals surface area (Å²) in [6.45, 7) is -0.645. The van der Waals surface area contributed by atoms with Crippen molar-refractivity contribution in [1.82, 2.24) is 19.5 Å². The van der Waals surface area contributed by atoms with E-state index in [1.165, 1.54) is 29.4 Å². The molecule has 4 rings (SSSR count). The smallest absolute Gasteiger partial charge is 0.469 e. The Hall–Kier alpha value is -2.77. The maximum Gasteiger partial charge on any atom is 0.469 e. The van der Waals surface area contributed by atoms with E-state index in [2.05, 4.69) is 19.5 Å². The van der Waals surface area contributed by atoms with Crippen molar-refractivity contribution in [1.29, 1.82) is 0 Å². The fraction of sp³-hybridized carbons (Fsp3) is 0.294. The summed E-state index contributed by atoms with van der Waals surface area (Å²) in [5.74, 6) is -1.10. The average Bonchev–Trinajstić information content (AvgIpc) is 3.27. The number of hydrogen-bond donors (Lipinski definition) is 5. The van der Waals surface area contributed by atoms with Gasteiger partial charge in [0.05, 0.1) is 18.5 Å². The van der Waals surface area contributed by atoms with Crippen molar-refractivity contribution in [2.75, 3.05) is 6.61 Å². The molecule has 0 spiro atoms. The summed E-state index contributed by atoms with van der Waals surface area (Å²) < 4.78 is 22.2. The molecule has 164 valence electrons. The highest BCUT2D eigenvalue weighted by atomic mass is 31.2. The van der Waals surface area contributed by atoms with Crippen LogP contribution in [0.3, 0.4) is 0 Å². The number of aromatic nitrogens is 4. The normalized spacial score (nSPS) is 24.0. The molecule has 0 radical (unpaired) electrons. The fourth-order valence-corrected chi connectivity index (χ4v) is 3.66. The van der Waals surface area contributed by atoms with Crippen LogP contribution in [0.5, 0.6) is 0 Å². The first-order chi connectivity index (χ1) is 14.7. The second-order valence-corrected chi connectivity index (χ2v) is 8.00. The van der Waals surface area contributed by atoms with Crippen molar-refractivity contribution in [3.63, 3.8) is 0 Å². The van der Waals surface area contributed by atoms with Crippen molar-refractivity contribution < 1.29 is 43.7 Å². The van der Waals surface area contributed by atoms with E-state index in [0.29, 0.717) is 16.8 Å². The maximum atomic E-state index is 11.3. The Morgan fingerprint density at radius 3 is 2.68 bits per heavy atom. The lowest BCUT2D eigenvalue weighted by Gasteiger charge is -2.16. The van der Waals surface area contributed by atoms with Crippen molar-refractivity contribution in [3.8, 4) is 11.3 Å². The van der Waals surface area contributed by atoms with E-state index in [-0.39, 0.29) is 11.2 Å². The summed E-state index contributed by atoms with van der Waals surface area (Å²) in [5.41, 5.74) is 1.43. The van der Waals surface area contributed by atoms with E-state index in [4.69, 9.17) is 14.5 Å². The molecule has 3 aromatic rings. The maximum absolute atomic E-state index is 11.3. The monoisotopic (exact) mass is 452 g/mol. The number of rotatable bonds is 6. The van der Waals surface area contributed by atoms with Gasteiger partial charge in [-0.2, -0.15) is 0 Å². The summed E-state index contributed by atoms with van der Waals surface area (Å²) in [7, 11) is -4.79. The molecule has 0 aliphatic carbocycles. The molecule has 0 saturated carbocycles. The molecule has 13 nitrogen and oxygen atoms in total. The SMILES string of the molecule is O=C(O)c1cccc(-c2ncnc3c2ncn3[C@@H]2O[C@H](COP(=O)(O)O)[C@@H](O)[C@H]2O)c1. The third-order valence-electron chi connectivity index (χ3n) is 4.76. The Kier molecular flexibility index (Phi) is 5.58. The Morgan fingerprint density at radius 1 is 1.19 bits per heavy atom. The molecule has 3 heterocycles. The van der Waals surface area contributed by atoms with Crippen LogP contribution in [-0.2, 0) is 13.8 Å². The van der Waals surface area contributed by atoms with Crippen molar-refractivity contribution in [2.24, 2.45) is 0 Å². The van der Waals surface area contributed by atoms with Gasteiger partial charge in [0.1, 0.15) is 35.8 Å². The standard InChI is InChI=1S/C17H17N4O9P/c22-13-10(5-29-31(26,27)28)30-16(14(13)23)21-7-20-12-11(18-6-19-15(12)21)8-2-1-3-9(4-8)17(24)25/h1-4,6-7,10,13-14,16,22-23H,5H2,(H,24,25)(H2,26,27,28)/t10-,13-,14-,16-/m1/s1. The Balaban J connectivity index is 1.68. The largest absolute Gasteiger partial charge is 0.478 e. The van der Waals surface area contributed by atoms with Crippen LogP contribution in [0.1, 0.15) is 16.6 Å². The first-order valence-corrected chi connectivity index (χ1v) is 10.4. The molecule has 1 fully saturated rings. The van der Waals surface area contributed by atoms with Crippen LogP contribution in [0.4, 0.5) is 0 Å². The Labute approximate surface area is 173 Å². The van der Waals surface area contributed by atoms with Crippen molar-refractivity contribution in [2.45, 2.75) is 24.5 Å². The van der Waals surface area contributed by atoms with Gasteiger partial charge in [0.15, 0.2) is 11.9 Å². The van der Waals surface area contributed by atoms with Gasteiger partial charge in [-0.1, -0.05) is 12.1 Å². The van der Waals surface area contributed by atoms with E-state index in [1.54, 1.807) is 12.1 Å². The number of fused-ring (bicyclic) bond motifs is 1. The van der Waals surface area contributed by atoms with E-state index in [9.17, 15) is 24.7 Å². The predicted molar refractivity (Wildman–Crippen MR) is 102 cm³/mol. The third-order valence-corrected chi connectivity index (χ3v) is 5.25. The van der Waals surface area contributed by atoms with Crippen LogP contribution in [0.2, 0.25) is 0 Å². The van der Waals surface area contributed by atoms with Gasteiger partial charge in [0, 0.05) is 5.56 Å². The van der Waals surface area contributed by atoms with Crippen LogP contribution in [-0.4, -0.2) is 75.5 Å². The number of aliphatic hydroxyl groups excluding tert-OH is 2. The lowest BCUT2D eigenvalue weighted by atomic mass is 10.1. The number of carbonyl (C=O) groups is 1. The molecule has 5 N–H and O–H groups in total. The number of carboxylic acid groups (broad SMARTS) is 1. The van der Waals surface area contributed by atoms with E-state index in [0.717, 1.165) is 0 Å². The van der Waals surface area contributed by atoms with Gasteiger partial charge in [0.25, 0.3) is 0 Å². The van der Waals surface area contributed by atoms with Crippen LogP contribution in [0.25, 0.3) is 22.4 Å². The lowest BCUT2D eigenvalue weighted by Crippen LogP contribution is -2.33. The zero-order valence-corrected chi connectivity index (χ0v) is 16.5. The zero-order valence-electron chi connectivity index (χ0n) is 15.6. The van der Waals surface area contributed by atoms with Crippen LogP contribution in [0, 0.1) is 0 Å². The molecular formula is C17H17N4O9P. The summed E-state index contributed by atoms with van der Waals surface area (Å²) in [4.78, 5) is 41.5. The number of aromatic carboxylic acids is 1. The summed E-state index contributed by atoms with van der Waals surface area (Å²) in [5, 5.41) is 29.8. The number of carboxylic acids is 1. The number of phosphoric ester groups is 1. The number of imidazole rings is 1. The van der Waals surface area contributed by atoms with Crippen LogP contribution in [0.15, 0.2) is 36.9 Å². The molecule has 1 aliphatic rings. The number of ether oxygens (including phenoxy) is 1. The third kappa shape index (κ3) is 4.20. The van der Waals surface area contributed by atoms with Gasteiger partial charge in [-0.15, -0.1) is 0 Å². The van der Waals surface area contributed by atoms with Crippen LogP contribution >= 0.6 is 7.82 Å². The lowest BCUT2D eigenvalue weighted by molar-refractivity contribution is -0.0504. The Bertz CT molecular complexity index is 1180. The molecule has 14 heteroatoms. The molecular weight excluding hydrogens is 435 g/mol. The highest BCUT2D eigenvalue weighted by molar-refractivity contribution is 7.46. The molecule has 31 heavy (non-hydrogen) atoms. The molecule has 1 aromatic carbocycles. The minimum atomic E-state index is -4.79. The first-order valence-electron chi connectivity index (χ1n) is 8.88. The van der Waals surface area contributed by atoms with Gasteiger partial charge in [-0.3, -0.25) is 9.09 Å². The molecule has 4 atom stereocenters. The number of phosphoric acid groups is 1. The molecule has 1 saturated heterocycles. The quantitative estimate of drug-likeness (QED) is 0.312. The highest BCUT2D eigenvalue weighted by Gasteiger charge is 2.45. The van der Waals surface area contributed by atoms with E-state index < -0.39 is 44.9 Å². The minimum Gasteiger partial charge on any atom is -0.478 e. The summed E-state index contributed by atoms with van der Waals surface area (Å²) in [6.07, 6.45) is -2.79. The van der Waals surface area contributed by atoms with Gasteiger partial charge in [-0.25, -0.2) is 24.3 Å². The summed E-state index contributed by atoms with van der Waals surface area (Å²) in [6, 6.07) is 6.10. The second-order valence-electron chi connectivity index (χ2n) is 6.76. The molecule has 0 unspecified atom stereocenters. The average molecular weight is 452 g/mol. The number of benzene rings is 1.